The van der Waals surface area contributed by atoms with E-state index in [1.165, 1.54) is 33.4 Å². The number of nitrogens with zero attached hydrogens (tertiary/aromatic N) is 1. The molecule has 1 aromatic heterocycles. The summed E-state index contributed by atoms with van der Waals surface area (Å²) in [4.78, 5) is 5.09. The first-order valence-electron chi connectivity index (χ1n) is 13.5. The number of hydrogen-bond donors (Lipinski definition) is 0. The molecule has 188 valence electrons. The molecule has 0 N–H and O–H groups in total. The second kappa shape index (κ2) is 8.59. The maximum absolute atomic E-state index is 14.1. The van der Waals surface area contributed by atoms with Gasteiger partial charge in [-0.1, -0.05) is 78.4 Å². The molecule has 3 heteroatoms. The minimum absolute atomic E-state index is 0.0297. The lowest BCUT2D eigenvalue weighted by Crippen LogP contribution is -2.09. The van der Waals surface area contributed by atoms with Crippen molar-refractivity contribution in [2.24, 2.45) is 0 Å². The summed E-state index contributed by atoms with van der Waals surface area (Å²) in [5.74, 6) is -2.69. The molecule has 7 rings (SSSR count). The fraction of sp³-hybridized carbons (Fsp3) is 0.229. The molecule has 38 heavy (non-hydrogen) atoms. The number of benzene rings is 4. The molecule has 1 heterocycles. The molecule has 4 aromatic carbocycles. The molecule has 2 aliphatic rings. The highest BCUT2D eigenvalue weighted by atomic mass is 19.3. The Hall–Kier alpha value is -3.85. The van der Waals surface area contributed by atoms with Gasteiger partial charge >= 0.3 is 0 Å². The third-order valence-electron chi connectivity index (χ3n) is 8.47. The van der Waals surface area contributed by atoms with E-state index >= 15 is 0 Å². The number of rotatable bonds is 3. The van der Waals surface area contributed by atoms with Gasteiger partial charge in [0.15, 0.2) is 0 Å². The Kier molecular flexibility index (Phi) is 5.26. The highest BCUT2D eigenvalue weighted by Gasteiger charge is 2.40. The summed E-state index contributed by atoms with van der Waals surface area (Å²) in [5.41, 5.74) is 12.9. The molecular weight excluding hydrogens is 472 g/mol. The van der Waals surface area contributed by atoms with Gasteiger partial charge in [0, 0.05) is 35.6 Å². The predicted molar refractivity (Wildman–Crippen MR) is 152 cm³/mol. The van der Waals surface area contributed by atoms with Crippen LogP contribution in [0.1, 0.15) is 53.0 Å². The molecule has 0 saturated heterocycles. The van der Waals surface area contributed by atoms with Crippen molar-refractivity contribution >= 4 is 10.8 Å². The topological polar surface area (TPSA) is 12.9 Å². The number of hydrogen-bond acceptors (Lipinski definition) is 1. The van der Waals surface area contributed by atoms with Gasteiger partial charge in [0.1, 0.15) is 0 Å². The van der Waals surface area contributed by atoms with Crippen LogP contribution < -0.4 is 0 Å². The Balaban J connectivity index is 1.45. The largest absolute Gasteiger partial charge is 0.255 e. The van der Waals surface area contributed by atoms with Crippen LogP contribution in [0.2, 0.25) is 0 Å². The van der Waals surface area contributed by atoms with Gasteiger partial charge in [0.2, 0.25) is 5.92 Å². The van der Waals surface area contributed by atoms with Crippen molar-refractivity contribution in [3.05, 3.63) is 113 Å². The van der Waals surface area contributed by atoms with Crippen molar-refractivity contribution in [3.8, 4) is 33.5 Å². The van der Waals surface area contributed by atoms with Gasteiger partial charge in [-0.15, -0.1) is 0 Å². The van der Waals surface area contributed by atoms with Crippen LogP contribution in [0.15, 0.2) is 85.1 Å². The Morgan fingerprint density at radius 2 is 1.55 bits per heavy atom. The summed E-state index contributed by atoms with van der Waals surface area (Å²) >= 11 is 0. The SMILES string of the molecule is Cc1ccc(-c2cnc(-c3cc(C)cc4c3Cc3ccccc3-4)c3ccc(C4CCC(F)(F)C4)cc23)cc1. The summed E-state index contributed by atoms with van der Waals surface area (Å²) in [6, 6.07) is 28.0. The Morgan fingerprint density at radius 1 is 0.763 bits per heavy atom. The Labute approximate surface area is 222 Å². The molecule has 1 nitrogen and oxygen atoms in total. The molecule has 0 aliphatic heterocycles. The second-order valence-corrected chi connectivity index (χ2v) is 11.2. The van der Waals surface area contributed by atoms with Crippen LogP contribution in [0.5, 0.6) is 0 Å². The monoisotopic (exact) mass is 501 g/mol. The average Bonchev–Trinajstić information content (AvgIpc) is 3.47. The molecule has 0 radical (unpaired) electrons. The van der Waals surface area contributed by atoms with E-state index < -0.39 is 5.92 Å². The quantitative estimate of drug-likeness (QED) is 0.235. The fourth-order valence-electron chi connectivity index (χ4n) is 6.51. The van der Waals surface area contributed by atoms with E-state index in [0.29, 0.717) is 6.42 Å². The van der Waals surface area contributed by atoms with Crippen LogP contribution in [0, 0.1) is 13.8 Å². The zero-order valence-electron chi connectivity index (χ0n) is 21.7. The summed E-state index contributed by atoms with van der Waals surface area (Å²) in [6.07, 6.45) is 3.30. The first-order chi connectivity index (χ1) is 18.4. The van der Waals surface area contributed by atoms with Crippen molar-refractivity contribution in [2.45, 2.75) is 51.4 Å². The lowest BCUT2D eigenvalue weighted by molar-refractivity contribution is 0.00777. The molecule has 1 saturated carbocycles. The molecule has 0 spiro atoms. The van der Waals surface area contributed by atoms with E-state index in [-0.39, 0.29) is 18.8 Å². The van der Waals surface area contributed by atoms with Crippen LogP contribution in [0.3, 0.4) is 0 Å². The van der Waals surface area contributed by atoms with E-state index in [1.807, 2.05) is 6.20 Å². The Bertz CT molecular complexity index is 1720. The van der Waals surface area contributed by atoms with Crippen LogP contribution in [0.25, 0.3) is 44.3 Å². The number of halogens is 2. The number of pyridine rings is 1. The smallest absolute Gasteiger partial charge is 0.248 e. The Morgan fingerprint density at radius 3 is 2.34 bits per heavy atom. The summed E-state index contributed by atoms with van der Waals surface area (Å²) in [5, 5.41) is 2.15. The molecule has 1 fully saturated rings. The zero-order valence-corrected chi connectivity index (χ0v) is 21.7. The summed E-state index contributed by atoms with van der Waals surface area (Å²) < 4.78 is 28.3. The van der Waals surface area contributed by atoms with Gasteiger partial charge in [-0.2, -0.15) is 0 Å². The first-order valence-corrected chi connectivity index (χ1v) is 13.5. The number of aryl methyl sites for hydroxylation is 2. The van der Waals surface area contributed by atoms with Crippen LogP contribution >= 0.6 is 0 Å². The molecule has 5 aromatic rings. The van der Waals surface area contributed by atoms with Gasteiger partial charge in [-0.25, -0.2) is 8.78 Å². The molecular formula is C35H29F2N. The van der Waals surface area contributed by atoms with Crippen molar-refractivity contribution in [2.75, 3.05) is 0 Å². The predicted octanol–water partition coefficient (Wildman–Crippen LogP) is 9.66. The standard InChI is InChI=1S/C35H29F2N/c1-21-7-9-23(10-8-21)33-20-38-34(28-12-11-24(17-30(28)33)26-13-14-35(36,37)19-26)32-16-22(2)15-29-27-6-4-3-5-25(27)18-31(29)32/h3-12,15-17,20,26H,13-14,18-19H2,1-2H3. The van der Waals surface area contributed by atoms with Gasteiger partial charge in [-0.05, 0) is 83.0 Å². The van der Waals surface area contributed by atoms with Crippen molar-refractivity contribution < 1.29 is 8.78 Å². The third-order valence-corrected chi connectivity index (χ3v) is 8.47. The van der Waals surface area contributed by atoms with E-state index in [1.54, 1.807) is 0 Å². The number of fused-ring (bicyclic) bond motifs is 4. The van der Waals surface area contributed by atoms with Crippen LogP contribution in [-0.2, 0) is 6.42 Å². The molecule has 0 bridgehead atoms. The van der Waals surface area contributed by atoms with Gasteiger partial charge < -0.3 is 0 Å². The van der Waals surface area contributed by atoms with Crippen molar-refractivity contribution in [1.29, 1.82) is 0 Å². The minimum atomic E-state index is -2.57. The molecule has 1 atom stereocenters. The lowest BCUT2D eigenvalue weighted by Gasteiger charge is -2.17. The van der Waals surface area contributed by atoms with E-state index in [9.17, 15) is 8.78 Å². The third kappa shape index (κ3) is 3.84. The van der Waals surface area contributed by atoms with Crippen molar-refractivity contribution in [1.82, 2.24) is 4.98 Å². The molecule has 2 aliphatic carbocycles. The van der Waals surface area contributed by atoms with Crippen LogP contribution in [0.4, 0.5) is 8.78 Å². The summed E-state index contributed by atoms with van der Waals surface area (Å²) in [7, 11) is 0. The highest BCUT2D eigenvalue weighted by Crippen LogP contribution is 2.47. The number of alkyl halides is 2. The average molecular weight is 502 g/mol. The number of aromatic nitrogens is 1. The molecule has 1 unspecified atom stereocenters. The van der Waals surface area contributed by atoms with E-state index in [4.69, 9.17) is 4.98 Å². The normalized spacial score (nSPS) is 17.5. The first kappa shape index (κ1) is 23.3. The lowest BCUT2D eigenvalue weighted by atomic mass is 9.89. The van der Waals surface area contributed by atoms with Crippen molar-refractivity contribution in [3.63, 3.8) is 0 Å². The highest BCUT2D eigenvalue weighted by molar-refractivity contribution is 6.04. The fourth-order valence-corrected chi connectivity index (χ4v) is 6.51. The van der Waals surface area contributed by atoms with E-state index in [0.717, 1.165) is 45.1 Å². The maximum Gasteiger partial charge on any atom is 0.248 e. The molecule has 0 amide bonds. The van der Waals surface area contributed by atoms with Gasteiger partial charge in [0.25, 0.3) is 0 Å². The van der Waals surface area contributed by atoms with E-state index in [2.05, 4.69) is 92.7 Å². The van der Waals surface area contributed by atoms with Gasteiger partial charge in [-0.3, -0.25) is 4.98 Å². The zero-order chi connectivity index (χ0) is 26.0. The minimum Gasteiger partial charge on any atom is -0.255 e. The van der Waals surface area contributed by atoms with Crippen LogP contribution in [-0.4, -0.2) is 10.9 Å². The summed E-state index contributed by atoms with van der Waals surface area (Å²) in [6.45, 7) is 4.23. The van der Waals surface area contributed by atoms with Gasteiger partial charge in [0.05, 0.1) is 5.69 Å². The second-order valence-electron chi connectivity index (χ2n) is 11.2. The maximum atomic E-state index is 14.1.